The lowest BCUT2D eigenvalue weighted by atomic mass is 10.1. The first kappa shape index (κ1) is 12.8. The average molecular weight is 254 g/mol. The predicted octanol–water partition coefficient (Wildman–Crippen LogP) is 2.11. The number of aromatic carboxylic acids is 1. The van der Waals surface area contributed by atoms with Crippen molar-refractivity contribution in [3.05, 3.63) is 71.3 Å². The van der Waals surface area contributed by atoms with Crippen molar-refractivity contribution >= 4 is 11.9 Å². The SMILES string of the molecule is O=C(O)c1ccccc1C(=O)NCc1cc[c]cc1. The molecule has 2 aromatic rings. The Kier molecular flexibility index (Phi) is 3.93. The van der Waals surface area contributed by atoms with Crippen LogP contribution >= 0.6 is 0 Å². The van der Waals surface area contributed by atoms with Gasteiger partial charge >= 0.3 is 5.97 Å². The van der Waals surface area contributed by atoms with E-state index < -0.39 is 11.9 Å². The minimum Gasteiger partial charge on any atom is -0.478 e. The first-order valence-electron chi connectivity index (χ1n) is 5.74. The lowest BCUT2D eigenvalue weighted by molar-refractivity contribution is 0.0691. The largest absolute Gasteiger partial charge is 0.478 e. The molecule has 0 bridgehead atoms. The van der Waals surface area contributed by atoms with Crippen LogP contribution in [0.15, 0.2) is 48.5 Å². The van der Waals surface area contributed by atoms with Crippen molar-refractivity contribution in [2.75, 3.05) is 0 Å². The fraction of sp³-hybridized carbons (Fsp3) is 0.0667. The molecular weight excluding hydrogens is 242 g/mol. The van der Waals surface area contributed by atoms with Crippen LogP contribution < -0.4 is 5.32 Å². The fourth-order valence-corrected chi connectivity index (χ4v) is 1.68. The molecule has 0 aliphatic heterocycles. The van der Waals surface area contributed by atoms with E-state index >= 15 is 0 Å². The number of hydrogen-bond acceptors (Lipinski definition) is 2. The molecule has 0 saturated carbocycles. The van der Waals surface area contributed by atoms with Gasteiger partial charge in [0, 0.05) is 6.54 Å². The van der Waals surface area contributed by atoms with Gasteiger partial charge in [0.1, 0.15) is 0 Å². The Morgan fingerprint density at radius 2 is 1.68 bits per heavy atom. The van der Waals surface area contributed by atoms with Gasteiger partial charge in [0.05, 0.1) is 11.1 Å². The minimum atomic E-state index is -1.11. The van der Waals surface area contributed by atoms with E-state index in [4.69, 9.17) is 5.11 Å². The summed E-state index contributed by atoms with van der Waals surface area (Å²) in [6.07, 6.45) is 0. The first-order chi connectivity index (χ1) is 9.18. The summed E-state index contributed by atoms with van der Waals surface area (Å²) in [5.74, 6) is -1.51. The van der Waals surface area contributed by atoms with E-state index in [0.29, 0.717) is 6.54 Å². The molecule has 2 aromatic carbocycles. The van der Waals surface area contributed by atoms with Crippen molar-refractivity contribution in [2.45, 2.75) is 6.54 Å². The third kappa shape index (κ3) is 3.19. The number of carbonyl (C=O) groups excluding carboxylic acids is 1. The molecule has 0 aliphatic carbocycles. The summed E-state index contributed by atoms with van der Waals surface area (Å²) < 4.78 is 0. The first-order valence-corrected chi connectivity index (χ1v) is 5.74. The summed E-state index contributed by atoms with van der Waals surface area (Å²) in [5.41, 5.74) is 1.10. The number of carboxylic acids is 1. The molecule has 4 nitrogen and oxygen atoms in total. The third-order valence-electron chi connectivity index (χ3n) is 2.64. The molecule has 0 aliphatic rings. The van der Waals surface area contributed by atoms with Gasteiger partial charge in [0.15, 0.2) is 0 Å². The second-order valence-electron chi connectivity index (χ2n) is 3.94. The Hall–Kier alpha value is -2.62. The van der Waals surface area contributed by atoms with Crippen LogP contribution in [0.25, 0.3) is 0 Å². The molecule has 2 rings (SSSR count). The second kappa shape index (κ2) is 5.82. The molecule has 4 heteroatoms. The van der Waals surface area contributed by atoms with Crippen LogP contribution in [0.2, 0.25) is 0 Å². The number of amides is 1. The summed E-state index contributed by atoms with van der Waals surface area (Å²) in [6.45, 7) is 0.349. The van der Waals surface area contributed by atoms with Gasteiger partial charge in [0.2, 0.25) is 0 Å². The number of benzene rings is 2. The highest BCUT2D eigenvalue weighted by Crippen LogP contribution is 2.09. The molecule has 0 heterocycles. The number of rotatable bonds is 4. The van der Waals surface area contributed by atoms with E-state index in [-0.39, 0.29) is 11.1 Å². The normalized spacial score (nSPS) is 9.89. The molecule has 1 radical (unpaired) electrons. The van der Waals surface area contributed by atoms with Crippen LogP contribution in [-0.2, 0) is 6.54 Å². The topological polar surface area (TPSA) is 66.4 Å². The highest BCUT2D eigenvalue weighted by molar-refractivity contribution is 6.04. The van der Waals surface area contributed by atoms with Gasteiger partial charge in [-0.15, -0.1) is 0 Å². The Morgan fingerprint density at radius 3 is 2.32 bits per heavy atom. The summed E-state index contributed by atoms with van der Waals surface area (Å²) in [5, 5.41) is 11.7. The molecule has 0 fully saturated rings. The minimum absolute atomic E-state index is 0.00129. The van der Waals surface area contributed by atoms with Gasteiger partial charge in [-0.1, -0.05) is 36.4 Å². The molecule has 0 aromatic heterocycles. The van der Waals surface area contributed by atoms with Gasteiger partial charge in [-0.25, -0.2) is 4.79 Å². The van der Waals surface area contributed by atoms with E-state index in [2.05, 4.69) is 11.4 Å². The van der Waals surface area contributed by atoms with E-state index in [9.17, 15) is 9.59 Å². The Bertz CT molecular complexity index is 593. The zero-order valence-corrected chi connectivity index (χ0v) is 10.1. The molecule has 95 valence electrons. The van der Waals surface area contributed by atoms with Crippen LogP contribution in [0.5, 0.6) is 0 Å². The molecule has 0 spiro atoms. The third-order valence-corrected chi connectivity index (χ3v) is 2.64. The van der Waals surface area contributed by atoms with Gasteiger partial charge in [-0.3, -0.25) is 4.79 Å². The average Bonchev–Trinajstić information content (AvgIpc) is 2.46. The summed E-state index contributed by atoms with van der Waals surface area (Å²) in [6, 6.07) is 16.2. The second-order valence-corrected chi connectivity index (χ2v) is 3.94. The maximum absolute atomic E-state index is 12.0. The highest BCUT2D eigenvalue weighted by atomic mass is 16.4. The maximum atomic E-state index is 12.0. The van der Waals surface area contributed by atoms with Crippen molar-refractivity contribution in [1.29, 1.82) is 0 Å². The molecular formula is C15H12NO3. The summed E-state index contributed by atoms with van der Waals surface area (Å²) >= 11 is 0. The molecule has 1 amide bonds. The summed E-state index contributed by atoms with van der Waals surface area (Å²) in [4.78, 5) is 23.0. The molecule has 0 saturated heterocycles. The van der Waals surface area contributed by atoms with E-state index in [1.807, 2.05) is 12.1 Å². The lowest BCUT2D eigenvalue weighted by Gasteiger charge is -2.07. The molecule has 0 unspecified atom stereocenters. The van der Waals surface area contributed by atoms with Crippen molar-refractivity contribution in [2.24, 2.45) is 0 Å². The number of carbonyl (C=O) groups is 2. The Balaban J connectivity index is 2.10. The van der Waals surface area contributed by atoms with E-state index in [0.717, 1.165) is 5.56 Å². The Morgan fingerprint density at radius 1 is 1.05 bits per heavy atom. The van der Waals surface area contributed by atoms with Gasteiger partial charge in [-0.2, -0.15) is 0 Å². The highest BCUT2D eigenvalue weighted by Gasteiger charge is 2.15. The Labute approximate surface area is 110 Å². The number of nitrogens with one attached hydrogen (secondary N) is 1. The molecule has 0 atom stereocenters. The molecule has 2 N–H and O–H groups in total. The van der Waals surface area contributed by atoms with E-state index in [1.165, 1.54) is 12.1 Å². The molecule has 19 heavy (non-hydrogen) atoms. The number of carboxylic acid groups (broad SMARTS) is 1. The number of hydrogen-bond donors (Lipinski definition) is 2. The van der Waals surface area contributed by atoms with Crippen molar-refractivity contribution < 1.29 is 14.7 Å². The van der Waals surface area contributed by atoms with E-state index in [1.54, 1.807) is 24.3 Å². The van der Waals surface area contributed by atoms with Crippen molar-refractivity contribution in [3.8, 4) is 0 Å². The van der Waals surface area contributed by atoms with Crippen molar-refractivity contribution in [1.82, 2.24) is 5.32 Å². The van der Waals surface area contributed by atoms with Gasteiger partial charge in [0.25, 0.3) is 5.91 Å². The smallest absolute Gasteiger partial charge is 0.336 e. The van der Waals surface area contributed by atoms with Crippen molar-refractivity contribution in [3.63, 3.8) is 0 Å². The van der Waals surface area contributed by atoms with Gasteiger partial charge in [-0.05, 0) is 23.8 Å². The fourth-order valence-electron chi connectivity index (χ4n) is 1.68. The zero-order valence-electron chi connectivity index (χ0n) is 10.1. The predicted molar refractivity (Wildman–Crippen MR) is 69.8 cm³/mol. The lowest BCUT2D eigenvalue weighted by Crippen LogP contribution is -2.24. The summed E-state index contributed by atoms with van der Waals surface area (Å²) in [7, 11) is 0. The van der Waals surface area contributed by atoms with Crippen LogP contribution in [0.3, 0.4) is 0 Å². The van der Waals surface area contributed by atoms with Crippen LogP contribution in [0.1, 0.15) is 26.3 Å². The quantitative estimate of drug-likeness (QED) is 0.878. The standard InChI is InChI=1S/C15H12NO3/c17-14(16-10-11-6-2-1-3-7-11)12-8-4-5-9-13(12)15(18)19/h2-9H,10H2,(H,16,17)(H,18,19). The van der Waals surface area contributed by atoms with Gasteiger partial charge < -0.3 is 10.4 Å². The zero-order chi connectivity index (χ0) is 13.7. The van der Waals surface area contributed by atoms with Crippen LogP contribution in [0, 0.1) is 6.07 Å². The van der Waals surface area contributed by atoms with Crippen LogP contribution in [-0.4, -0.2) is 17.0 Å². The monoisotopic (exact) mass is 254 g/mol. The van der Waals surface area contributed by atoms with Crippen LogP contribution in [0.4, 0.5) is 0 Å². The maximum Gasteiger partial charge on any atom is 0.336 e.